The van der Waals surface area contributed by atoms with Crippen LogP contribution >= 0.6 is 0 Å². The quantitative estimate of drug-likeness (QED) is 0.310. The summed E-state index contributed by atoms with van der Waals surface area (Å²) >= 11 is 0. The molecule has 0 aliphatic heterocycles. The van der Waals surface area contributed by atoms with Crippen LogP contribution < -0.4 is 5.73 Å². The number of carbonyl (C=O) groups excluding carboxylic acids is 1. The molecular formula is C34H41N7O. The van der Waals surface area contributed by atoms with Gasteiger partial charge in [-0.1, -0.05) is 59.8 Å². The minimum absolute atomic E-state index is 0.0191. The van der Waals surface area contributed by atoms with Gasteiger partial charge in [-0.2, -0.15) is 5.21 Å². The minimum Gasteiger partial charge on any atom is -0.378 e. The SMILES string of the molecule is C=C(c1ccc2c(c1)CCc1cc(C(=O)N(C)C)ccc1C2(CC[C@@H](N)Cc1ccc(C)cc1)c1nn[nH]n1)N(C)C. The predicted molar refractivity (Wildman–Crippen MR) is 167 cm³/mol. The van der Waals surface area contributed by atoms with Gasteiger partial charge >= 0.3 is 0 Å². The summed E-state index contributed by atoms with van der Waals surface area (Å²) in [5, 5.41) is 15.9. The van der Waals surface area contributed by atoms with Crippen LogP contribution in [0.25, 0.3) is 5.70 Å². The molecule has 218 valence electrons. The molecule has 8 nitrogen and oxygen atoms in total. The first-order valence-corrected chi connectivity index (χ1v) is 14.5. The van der Waals surface area contributed by atoms with Crippen molar-refractivity contribution in [1.82, 2.24) is 30.4 Å². The first-order valence-electron chi connectivity index (χ1n) is 14.5. The molecule has 4 aromatic rings. The number of nitrogens with two attached hydrogens (primary N) is 1. The molecule has 2 atom stereocenters. The number of aryl methyl sites for hydroxylation is 3. The molecule has 1 aromatic heterocycles. The molecule has 0 spiro atoms. The molecule has 1 unspecified atom stereocenters. The molecule has 1 heterocycles. The first-order chi connectivity index (χ1) is 20.1. The highest BCUT2D eigenvalue weighted by atomic mass is 16.2. The Kier molecular flexibility index (Phi) is 8.27. The third-order valence-electron chi connectivity index (χ3n) is 8.56. The highest BCUT2D eigenvalue weighted by molar-refractivity contribution is 5.94. The zero-order chi connectivity index (χ0) is 30.0. The zero-order valence-corrected chi connectivity index (χ0v) is 25.3. The van der Waals surface area contributed by atoms with Gasteiger partial charge in [0.15, 0.2) is 5.82 Å². The van der Waals surface area contributed by atoms with Crippen LogP contribution in [0.2, 0.25) is 0 Å². The number of carbonyl (C=O) groups is 1. The molecule has 3 N–H and O–H groups in total. The minimum atomic E-state index is -0.698. The summed E-state index contributed by atoms with van der Waals surface area (Å²) < 4.78 is 0. The number of nitrogens with one attached hydrogen (secondary N) is 1. The van der Waals surface area contributed by atoms with Gasteiger partial charge in [0.2, 0.25) is 0 Å². The Morgan fingerprint density at radius 2 is 1.57 bits per heavy atom. The summed E-state index contributed by atoms with van der Waals surface area (Å²) in [7, 11) is 7.57. The number of amides is 1. The molecule has 8 heteroatoms. The van der Waals surface area contributed by atoms with Gasteiger partial charge in [-0.15, -0.1) is 10.2 Å². The number of H-pyrrole nitrogens is 1. The van der Waals surface area contributed by atoms with Crippen LogP contribution in [0.1, 0.15) is 68.0 Å². The molecule has 3 aromatic carbocycles. The van der Waals surface area contributed by atoms with E-state index < -0.39 is 5.41 Å². The molecule has 0 saturated heterocycles. The largest absolute Gasteiger partial charge is 0.378 e. The summed E-state index contributed by atoms with van der Waals surface area (Å²) in [4.78, 5) is 16.6. The van der Waals surface area contributed by atoms with Gasteiger partial charge in [0.1, 0.15) is 0 Å². The van der Waals surface area contributed by atoms with Crippen molar-refractivity contribution in [3.8, 4) is 0 Å². The summed E-state index contributed by atoms with van der Waals surface area (Å²) in [6.07, 6.45) is 3.80. The number of tetrazole rings is 1. The Bertz CT molecular complexity index is 1500. The molecule has 0 saturated carbocycles. The Hall–Kier alpha value is -4.30. The third kappa shape index (κ3) is 5.59. The highest BCUT2D eigenvalue weighted by Crippen LogP contribution is 2.47. The molecule has 5 rings (SSSR count). The monoisotopic (exact) mass is 563 g/mol. The summed E-state index contributed by atoms with van der Waals surface area (Å²) in [5.41, 5.74) is 15.8. The third-order valence-corrected chi connectivity index (χ3v) is 8.56. The molecule has 0 fully saturated rings. The summed E-state index contributed by atoms with van der Waals surface area (Å²) in [6, 6.07) is 21.2. The summed E-state index contributed by atoms with van der Waals surface area (Å²) in [5.74, 6) is 0.592. The van der Waals surface area contributed by atoms with Crippen molar-refractivity contribution >= 4 is 11.6 Å². The fraction of sp³-hybridized carbons (Fsp3) is 0.353. The number of benzene rings is 3. The number of hydrogen-bond donors (Lipinski definition) is 2. The Labute approximate surface area is 248 Å². The van der Waals surface area contributed by atoms with Crippen molar-refractivity contribution in [1.29, 1.82) is 0 Å². The van der Waals surface area contributed by atoms with Gasteiger partial charge in [0, 0.05) is 45.5 Å². The lowest BCUT2D eigenvalue weighted by Gasteiger charge is -2.35. The first kappa shape index (κ1) is 29.2. The van der Waals surface area contributed by atoms with Gasteiger partial charge < -0.3 is 15.5 Å². The maximum atomic E-state index is 13.0. The van der Waals surface area contributed by atoms with Gasteiger partial charge in [-0.3, -0.25) is 4.79 Å². The van der Waals surface area contributed by atoms with Crippen LogP contribution in [0.5, 0.6) is 0 Å². The van der Waals surface area contributed by atoms with E-state index in [4.69, 9.17) is 5.73 Å². The lowest BCUT2D eigenvalue weighted by molar-refractivity contribution is 0.0827. The van der Waals surface area contributed by atoms with E-state index in [1.807, 2.05) is 31.1 Å². The average Bonchev–Trinajstić information content (AvgIpc) is 3.48. The summed E-state index contributed by atoms with van der Waals surface area (Å²) in [6.45, 7) is 6.40. The molecule has 42 heavy (non-hydrogen) atoms. The van der Waals surface area contributed by atoms with Crippen LogP contribution in [-0.4, -0.2) is 70.6 Å². The van der Waals surface area contributed by atoms with Crippen molar-refractivity contribution in [2.24, 2.45) is 5.73 Å². The van der Waals surface area contributed by atoms with Crippen LogP contribution in [0, 0.1) is 6.92 Å². The molecule has 1 amide bonds. The van der Waals surface area contributed by atoms with Crippen LogP contribution in [0.3, 0.4) is 0 Å². The molecular weight excluding hydrogens is 522 g/mol. The molecule has 0 bridgehead atoms. The number of rotatable bonds is 9. The Morgan fingerprint density at radius 3 is 2.14 bits per heavy atom. The van der Waals surface area contributed by atoms with Crippen molar-refractivity contribution < 1.29 is 4.79 Å². The van der Waals surface area contributed by atoms with Crippen molar-refractivity contribution in [2.45, 2.75) is 50.5 Å². The topological polar surface area (TPSA) is 104 Å². The van der Waals surface area contributed by atoms with E-state index in [2.05, 4.69) is 82.7 Å². The van der Waals surface area contributed by atoms with E-state index in [0.717, 1.165) is 53.6 Å². The predicted octanol–water partition coefficient (Wildman–Crippen LogP) is 4.53. The molecule has 1 aliphatic rings. The molecule has 1 aliphatic carbocycles. The average molecular weight is 564 g/mol. The van der Waals surface area contributed by atoms with E-state index in [-0.39, 0.29) is 11.9 Å². The second-order valence-corrected chi connectivity index (χ2v) is 11.9. The van der Waals surface area contributed by atoms with Crippen molar-refractivity contribution in [2.75, 3.05) is 28.2 Å². The number of nitrogens with zero attached hydrogens (tertiary/aromatic N) is 5. The second-order valence-electron chi connectivity index (χ2n) is 11.9. The van der Waals surface area contributed by atoms with Crippen LogP contribution in [0.4, 0.5) is 0 Å². The maximum absolute atomic E-state index is 13.0. The number of aromatic nitrogens is 4. The van der Waals surface area contributed by atoms with Crippen LogP contribution in [0.15, 0.2) is 67.2 Å². The zero-order valence-electron chi connectivity index (χ0n) is 25.3. The normalized spacial score (nSPS) is 16.6. The van der Waals surface area contributed by atoms with Crippen LogP contribution in [-0.2, 0) is 24.7 Å². The fourth-order valence-corrected chi connectivity index (χ4v) is 6.17. The van der Waals surface area contributed by atoms with E-state index in [1.54, 1.807) is 19.0 Å². The highest BCUT2D eigenvalue weighted by Gasteiger charge is 2.44. The molecule has 0 radical (unpaired) electrons. The lowest BCUT2D eigenvalue weighted by atomic mass is 9.68. The number of fused-ring (bicyclic) bond motifs is 2. The fourth-order valence-electron chi connectivity index (χ4n) is 6.17. The van der Waals surface area contributed by atoms with E-state index >= 15 is 0 Å². The smallest absolute Gasteiger partial charge is 0.253 e. The van der Waals surface area contributed by atoms with Gasteiger partial charge in [0.25, 0.3) is 5.91 Å². The lowest BCUT2D eigenvalue weighted by Crippen LogP contribution is -2.35. The van der Waals surface area contributed by atoms with Gasteiger partial charge in [-0.05, 0) is 90.6 Å². The van der Waals surface area contributed by atoms with Gasteiger partial charge in [-0.25, -0.2) is 0 Å². The Balaban J connectivity index is 1.65. The standard InChI is InChI=1S/C34H41N7O/c1-22-7-9-24(10-8-22)19-29(35)17-18-34(33-36-38-39-37-33)30-15-13-25(23(2)40(3)4)20-26(30)11-12-27-21-28(14-16-31(27)34)32(42)41(5)6/h7-10,13-16,20-21,29H,2,11-12,17-19,35H2,1,3-6H3,(H,36,37,38,39)/t29-,34?/m1/s1. The van der Waals surface area contributed by atoms with E-state index in [0.29, 0.717) is 17.8 Å². The number of aromatic amines is 1. The second kappa shape index (κ2) is 11.9. The van der Waals surface area contributed by atoms with Crippen molar-refractivity contribution in [3.63, 3.8) is 0 Å². The van der Waals surface area contributed by atoms with E-state index in [9.17, 15) is 4.79 Å². The number of hydrogen-bond acceptors (Lipinski definition) is 6. The maximum Gasteiger partial charge on any atom is 0.253 e. The van der Waals surface area contributed by atoms with Crippen molar-refractivity contribution in [3.05, 3.63) is 118 Å². The van der Waals surface area contributed by atoms with E-state index in [1.165, 1.54) is 16.7 Å². The Morgan fingerprint density at radius 1 is 0.952 bits per heavy atom. The van der Waals surface area contributed by atoms with Gasteiger partial charge in [0.05, 0.1) is 5.41 Å².